The molecule has 2 aliphatic rings. The largest absolute Gasteiger partial charge is 0.357 e. The monoisotopic (exact) mass is 498 g/mol. The Labute approximate surface area is 183 Å². The van der Waals surface area contributed by atoms with Crippen molar-refractivity contribution < 1.29 is 0 Å². The summed E-state index contributed by atoms with van der Waals surface area (Å²) in [5, 5.41) is 16.6. The molecule has 8 nitrogen and oxygen atoms in total. The minimum absolute atomic E-state index is 0. The van der Waals surface area contributed by atoms with Gasteiger partial charge in [-0.25, -0.2) is 4.99 Å². The van der Waals surface area contributed by atoms with Crippen molar-refractivity contribution in [3.8, 4) is 0 Å². The summed E-state index contributed by atoms with van der Waals surface area (Å²) >= 11 is 0. The summed E-state index contributed by atoms with van der Waals surface area (Å²) in [7, 11) is 1.98. The number of aromatic nitrogens is 5. The molecule has 1 saturated heterocycles. The first-order valence-electron chi connectivity index (χ1n) is 10.2. The van der Waals surface area contributed by atoms with Crippen molar-refractivity contribution in [1.29, 1.82) is 0 Å². The van der Waals surface area contributed by atoms with E-state index in [-0.39, 0.29) is 24.0 Å². The summed E-state index contributed by atoms with van der Waals surface area (Å²) in [4.78, 5) is 7.26. The molecule has 4 rings (SSSR count). The second-order valence-corrected chi connectivity index (χ2v) is 7.54. The van der Waals surface area contributed by atoms with E-state index in [2.05, 4.69) is 43.2 Å². The number of aliphatic imine (C=N–C) groups is 1. The van der Waals surface area contributed by atoms with Crippen LogP contribution in [0.5, 0.6) is 0 Å². The van der Waals surface area contributed by atoms with Crippen LogP contribution in [0.15, 0.2) is 17.4 Å². The van der Waals surface area contributed by atoms with E-state index in [0.29, 0.717) is 12.5 Å². The van der Waals surface area contributed by atoms with Crippen LogP contribution in [0.2, 0.25) is 0 Å². The number of hydrogen-bond donors (Lipinski definition) is 1. The summed E-state index contributed by atoms with van der Waals surface area (Å²) in [5.74, 6) is 3.62. The van der Waals surface area contributed by atoms with Gasteiger partial charge in [-0.05, 0) is 31.7 Å². The van der Waals surface area contributed by atoms with Crippen LogP contribution in [0.3, 0.4) is 0 Å². The van der Waals surface area contributed by atoms with Crippen LogP contribution in [0, 0.1) is 0 Å². The summed E-state index contributed by atoms with van der Waals surface area (Å²) in [6, 6.07) is 0. The zero-order valence-electron chi connectivity index (χ0n) is 16.8. The van der Waals surface area contributed by atoms with E-state index in [1.54, 1.807) is 0 Å². The standard InChI is InChI=1S/C19H30N8.HI/c1-3-20-19(26-10-8-15(14-26)16-11-22-25(2)13-16)21-12-18-24-23-17-7-5-4-6-9-27(17)18;/h11,13,15H,3-10,12,14H2,1-2H3,(H,20,21);1H. The van der Waals surface area contributed by atoms with E-state index in [4.69, 9.17) is 4.99 Å². The number of fused-ring (bicyclic) bond motifs is 1. The van der Waals surface area contributed by atoms with Gasteiger partial charge in [0.1, 0.15) is 12.4 Å². The van der Waals surface area contributed by atoms with E-state index in [1.165, 1.54) is 24.8 Å². The number of likely N-dealkylation sites (tertiary alicyclic amines) is 1. The fraction of sp³-hybridized carbons (Fsp3) is 0.684. The second-order valence-electron chi connectivity index (χ2n) is 7.54. The topological polar surface area (TPSA) is 76.2 Å². The molecule has 1 unspecified atom stereocenters. The molecule has 4 heterocycles. The summed E-state index contributed by atoms with van der Waals surface area (Å²) in [5.41, 5.74) is 1.32. The highest BCUT2D eigenvalue weighted by atomic mass is 127. The first kappa shape index (κ1) is 21.1. The molecule has 0 aromatic carbocycles. The molecule has 9 heteroatoms. The maximum absolute atomic E-state index is 4.90. The lowest BCUT2D eigenvalue weighted by Crippen LogP contribution is -2.40. The number of nitrogens with one attached hydrogen (secondary N) is 1. The van der Waals surface area contributed by atoms with E-state index in [9.17, 15) is 0 Å². The quantitative estimate of drug-likeness (QED) is 0.398. The normalized spacial score (nSPS) is 19.9. The van der Waals surface area contributed by atoms with E-state index in [0.717, 1.165) is 56.6 Å². The Morgan fingerprint density at radius 1 is 1.25 bits per heavy atom. The van der Waals surface area contributed by atoms with Gasteiger partial charge in [0, 0.05) is 51.8 Å². The van der Waals surface area contributed by atoms with Crippen molar-refractivity contribution in [2.24, 2.45) is 12.0 Å². The van der Waals surface area contributed by atoms with E-state index in [1.807, 2.05) is 17.9 Å². The molecule has 0 amide bonds. The van der Waals surface area contributed by atoms with Gasteiger partial charge in [0.15, 0.2) is 11.8 Å². The summed E-state index contributed by atoms with van der Waals surface area (Å²) in [6.07, 6.45) is 9.99. The molecule has 0 spiro atoms. The average Bonchev–Trinajstić information content (AvgIpc) is 3.36. The predicted molar refractivity (Wildman–Crippen MR) is 120 cm³/mol. The highest BCUT2D eigenvalue weighted by Gasteiger charge is 2.27. The van der Waals surface area contributed by atoms with Gasteiger partial charge >= 0.3 is 0 Å². The molecule has 1 N–H and O–H groups in total. The van der Waals surface area contributed by atoms with Crippen molar-refractivity contribution in [2.75, 3.05) is 19.6 Å². The van der Waals surface area contributed by atoms with Gasteiger partial charge in [-0.1, -0.05) is 6.42 Å². The third-order valence-electron chi connectivity index (χ3n) is 5.58. The Kier molecular flexibility index (Phi) is 7.30. The first-order chi connectivity index (χ1) is 13.2. The third-order valence-corrected chi connectivity index (χ3v) is 5.58. The number of nitrogens with zero attached hydrogens (tertiary/aromatic N) is 7. The summed E-state index contributed by atoms with van der Waals surface area (Å²) in [6.45, 7) is 6.59. The van der Waals surface area contributed by atoms with Gasteiger partial charge in [-0.2, -0.15) is 5.10 Å². The average molecular weight is 498 g/mol. The molecule has 0 saturated carbocycles. The lowest BCUT2D eigenvalue weighted by atomic mass is 10.0. The number of hydrogen-bond acceptors (Lipinski definition) is 4. The lowest BCUT2D eigenvalue weighted by Gasteiger charge is -2.21. The number of halogens is 1. The molecule has 1 fully saturated rings. The zero-order valence-corrected chi connectivity index (χ0v) is 19.2. The molecule has 0 aliphatic carbocycles. The van der Waals surface area contributed by atoms with Crippen LogP contribution in [0.1, 0.15) is 55.7 Å². The van der Waals surface area contributed by atoms with Crippen molar-refractivity contribution >= 4 is 29.9 Å². The van der Waals surface area contributed by atoms with Gasteiger partial charge < -0.3 is 14.8 Å². The molecule has 2 aromatic rings. The van der Waals surface area contributed by atoms with Crippen LogP contribution < -0.4 is 5.32 Å². The Morgan fingerprint density at radius 2 is 2.14 bits per heavy atom. The third kappa shape index (κ3) is 4.66. The number of aryl methyl sites for hydroxylation is 2. The molecule has 0 bridgehead atoms. The van der Waals surface area contributed by atoms with Crippen molar-refractivity contribution in [1.82, 2.24) is 34.8 Å². The second kappa shape index (κ2) is 9.71. The molecule has 2 aromatic heterocycles. The minimum Gasteiger partial charge on any atom is -0.357 e. The van der Waals surface area contributed by atoms with E-state index >= 15 is 0 Å². The molecule has 2 aliphatic heterocycles. The van der Waals surface area contributed by atoms with Crippen molar-refractivity contribution in [3.05, 3.63) is 29.6 Å². The maximum atomic E-state index is 4.90. The Hall–Kier alpha value is -1.65. The molecular weight excluding hydrogens is 467 g/mol. The zero-order chi connectivity index (χ0) is 18.6. The molecular formula is C19H31IN8. The van der Waals surface area contributed by atoms with Gasteiger partial charge in [-0.15, -0.1) is 34.2 Å². The van der Waals surface area contributed by atoms with Crippen LogP contribution in [0.4, 0.5) is 0 Å². The minimum atomic E-state index is 0. The maximum Gasteiger partial charge on any atom is 0.194 e. The Balaban J connectivity index is 0.00000225. The van der Waals surface area contributed by atoms with Crippen LogP contribution in [-0.2, 0) is 26.6 Å². The van der Waals surface area contributed by atoms with Crippen LogP contribution in [0.25, 0.3) is 0 Å². The molecule has 28 heavy (non-hydrogen) atoms. The lowest BCUT2D eigenvalue weighted by molar-refractivity contribution is 0.484. The van der Waals surface area contributed by atoms with Crippen molar-refractivity contribution in [3.63, 3.8) is 0 Å². The number of rotatable bonds is 4. The highest BCUT2D eigenvalue weighted by molar-refractivity contribution is 14.0. The smallest absolute Gasteiger partial charge is 0.194 e. The van der Waals surface area contributed by atoms with Gasteiger partial charge in [0.05, 0.1) is 6.20 Å². The highest BCUT2D eigenvalue weighted by Crippen LogP contribution is 2.26. The van der Waals surface area contributed by atoms with Crippen LogP contribution >= 0.6 is 24.0 Å². The van der Waals surface area contributed by atoms with Gasteiger partial charge in [0.2, 0.25) is 0 Å². The number of guanidine groups is 1. The van der Waals surface area contributed by atoms with Crippen LogP contribution in [-0.4, -0.2) is 55.0 Å². The fourth-order valence-electron chi connectivity index (χ4n) is 4.11. The predicted octanol–water partition coefficient (Wildman–Crippen LogP) is 2.31. The molecule has 0 radical (unpaired) electrons. The van der Waals surface area contributed by atoms with Gasteiger partial charge in [-0.3, -0.25) is 4.68 Å². The first-order valence-corrected chi connectivity index (χ1v) is 10.2. The van der Waals surface area contributed by atoms with Crippen molar-refractivity contribution in [2.45, 2.75) is 58.0 Å². The fourth-order valence-corrected chi connectivity index (χ4v) is 4.11. The Morgan fingerprint density at radius 3 is 2.93 bits per heavy atom. The van der Waals surface area contributed by atoms with Gasteiger partial charge in [0.25, 0.3) is 0 Å². The molecule has 154 valence electrons. The summed E-state index contributed by atoms with van der Waals surface area (Å²) < 4.78 is 4.16. The SMILES string of the molecule is CCNC(=NCc1nnc2n1CCCCC2)N1CCC(c2cnn(C)c2)C1.I. The van der Waals surface area contributed by atoms with E-state index < -0.39 is 0 Å². The molecule has 1 atom stereocenters. The Bertz CT molecular complexity index is 796.